The van der Waals surface area contributed by atoms with Gasteiger partial charge in [0.2, 0.25) is 5.91 Å². The summed E-state index contributed by atoms with van der Waals surface area (Å²) in [4.78, 5) is 16.2. The first-order valence-electron chi connectivity index (χ1n) is 9.04. The number of aromatic nitrogens is 4. The first-order chi connectivity index (χ1) is 13.8. The van der Waals surface area contributed by atoms with Crippen molar-refractivity contribution in [1.82, 2.24) is 25.1 Å². The van der Waals surface area contributed by atoms with Gasteiger partial charge in [0.05, 0.1) is 12.3 Å². The number of carbonyl (C=O) groups is 1. The molecule has 0 bridgehead atoms. The van der Waals surface area contributed by atoms with Crippen molar-refractivity contribution in [2.45, 2.75) is 18.1 Å². The Bertz CT molecular complexity index is 871. The summed E-state index contributed by atoms with van der Waals surface area (Å²) < 4.78 is 7.02. The van der Waals surface area contributed by atoms with E-state index < -0.39 is 0 Å². The van der Waals surface area contributed by atoms with Gasteiger partial charge in [0, 0.05) is 38.2 Å². The summed E-state index contributed by atoms with van der Waals surface area (Å²) in [7, 11) is 1.65. The van der Waals surface area contributed by atoms with E-state index in [4.69, 9.17) is 4.74 Å². The van der Waals surface area contributed by atoms with Gasteiger partial charge < -0.3 is 10.1 Å². The van der Waals surface area contributed by atoms with Gasteiger partial charge in [-0.15, -0.1) is 10.2 Å². The molecule has 0 aliphatic heterocycles. The predicted octanol–water partition coefficient (Wildman–Crippen LogP) is 2.63. The fourth-order valence-corrected chi connectivity index (χ4v) is 3.41. The molecular formula is C20H23N5O2S. The molecule has 0 aliphatic carbocycles. The molecule has 1 aromatic carbocycles. The van der Waals surface area contributed by atoms with Crippen molar-refractivity contribution in [2.75, 3.05) is 26.0 Å². The minimum absolute atomic E-state index is 0.0270. The molecule has 0 saturated carbocycles. The second-order valence-corrected chi connectivity index (χ2v) is 7.04. The summed E-state index contributed by atoms with van der Waals surface area (Å²) in [6.07, 6.45) is 4.26. The molecule has 146 valence electrons. The van der Waals surface area contributed by atoms with Crippen molar-refractivity contribution in [3.63, 3.8) is 0 Å². The third-order valence-electron chi connectivity index (χ3n) is 4.02. The van der Waals surface area contributed by atoms with E-state index in [0.717, 1.165) is 23.4 Å². The molecule has 3 aromatic rings. The number of nitrogens with zero attached hydrogens (tertiary/aromatic N) is 4. The quantitative estimate of drug-likeness (QED) is 0.418. The molecule has 0 aliphatic rings. The van der Waals surface area contributed by atoms with Gasteiger partial charge in [-0.25, -0.2) is 0 Å². The number of nitrogens with one attached hydrogen (secondary N) is 1. The number of amides is 1. The highest BCUT2D eigenvalue weighted by Gasteiger charge is 2.16. The Morgan fingerprint density at radius 1 is 1.14 bits per heavy atom. The zero-order valence-corrected chi connectivity index (χ0v) is 16.6. The van der Waals surface area contributed by atoms with Gasteiger partial charge in [0.1, 0.15) is 0 Å². The second kappa shape index (κ2) is 10.6. The molecule has 28 heavy (non-hydrogen) atoms. The Labute approximate surface area is 168 Å². The van der Waals surface area contributed by atoms with Gasteiger partial charge in [0.25, 0.3) is 0 Å². The average Bonchev–Trinajstić information content (AvgIpc) is 3.13. The fourth-order valence-electron chi connectivity index (χ4n) is 2.64. The molecule has 2 heterocycles. The zero-order chi connectivity index (χ0) is 19.6. The highest BCUT2D eigenvalue weighted by atomic mass is 32.2. The van der Waals surface area contributed by atoms with E-state index in [-0.39, 0.29) is 11.7 Å². The molecule has 0 atom stereocenters. The lowest BCUT2D eigenvalue weighted by Gasteiger charge is -2.10. The zero-order valence-electron chi connectivity index (χ0n) is 15.7. The van der Waals surface area contributed by atoms with E-state index in [1.54, 1.807) is 19.5 Å². The number of methoxy groups -OCH3 is 1. The number of pyridine rings is 1. The summed E-state index contributed by atoms with van der Waals surface area (Å²) >= 11 is 1.38. The maximum Gasteiger partial charge on any atom is 0.230 e. The number of hydrogen-bond donors (Lipinski definition) is 1. The Morgan fingerprint density at radius 3 is 2.68 bits per heavy atom. The van der Waals surface area contributed by atoms with Crippen LogP contribution in [0.25, 0.3) is 11.4 Å². The van der Waals surface area contributed by atoms with Crippen molar-refractivity contribution >= 4 is 17.7 Å². The van der Waals surface area contributed by atoms with Crippen molar-refractivity contribution < 1.29 is 9.53 Å². The minimum atomic E-state index is -0.0270. The maximum atomic E-state index is 12.1. The van der Waals surface area contributed by atoms with Crippen LogP contribution in [0.1, 0.15) is 12.0 Å². The van der Waals surface area contributed by atoms with Crippen LogP contribution in [0.3, 0.4) is 0 Å². The third kappa shape index (κ3) is 5.64. The largest absolute Gasteiger partial charge is 0.385 e. The van der Waals surface area contributed by atoms with Crippen molar-refractivity contribution in [2.24, 2.45) is 0 Å². The molecule has 1 N–H and O–H groups in total. The minimum Gasteiger partial charge on any atom is -0.385 e. The summed E-state index contributed by atoms with van der Waals surface area (Å²) in [6, 6.07) is 13.9. The standard InChI is InChI=1S/C20H23N5O2S/c1-27-13-5-10-22-18(26)15-28-20-24-23-19(17-8-11-21-12-9-17)25(20)14-16-6-3-2-4-7-16/h2-4,6-9,11-12H,5,10,13-15H2,1H3,(H,22,26). The van der Waals surface area contributed by atoms with E-state index in [9.17, 15) is 4.79 Å². The topological polar surface area (TPSA) is 81.9 Å². The van der Waals surface area contributed by atoms with Crippen molar-refractivity contribution in [3.05, 3.63) is 60.4 Å². The lowest BCUT2D eigenvalue weighted by Crippen LogP contribution is -2.27. The first-order valence-corrected chi connectivity index (χ1v) is 10.0. The summed E-state index contributed by atoms with van der Waals surface area (Å²) in [5.74, 6) is 1.02. The molecule has 0 spiro atoms. The monoisotopic (exact) mass is 397 g/mol. The number of carbonyl (C=O) groups excluding carboxylic acids is 1. The average molecular weight is 398 g/mol. The van der Waals surface area contributed by atoms with Gasteiger partial charge in [0.15, 0.2) is 11.0 Å². The summed E-state index contributed by atoms with van der Waals surface area (Å²) in [6.45, 7) is 1.86. The van der Waals surface area contributed by atoms with Crippen molar-refractivity contribution in [3.8, 4) is 11.4 Å². The van der Waals surface area contributed by atoms with E-state index in [1.807, 2.05) is 34.9 Å². The SMILES string of the molecule is COCCCNC(=O)CSc1nnc(-c2ccncc2)n1Cc1ccccc1. The third-order valence-corrected chi connectivity index (χ3v) is 4.99. The molecule has 1 amide bonds. The molecule has 0 radical (unpaired) electrons. The van der Waals surface area contributed by atoms with Crippen LogP contribution in [0.4, 0.5) is 0 Å². The molecule has 0 unspecified atom stereocenters. The van der Waals surface area contributed by atoms with E-state index in [1.165, 1.54) is 11.8 Å². The number of hydrogen-bond acceptors (Lipinski definition) is 6. The lowest BCUT2D eigenvalue weighted by molar-refractivity contribution is -0.118. The van der Waals surface area contributed by atoms with Gasteiger partial charge in [-0.3, -0.25) is 14.3 Å². The predicted molar refractivity (Wildman–Crippen MR) is 109 cm³/mol. The van der Waals surface area contributed by atoms with Crippen LogP contribution in [0.15, 0.2) is 60.0 Å². The van der Waals surface area contributed by atoms with Crippen LogP contribution < -0.4 is 5.32 Å². The number of thioether (sulfide) groups is 1. The van der Waals surface area contributed by atoms with Gasteiger partial charge in [-0.2, -0.15) is 0 Å². The van der Waals surface area contributed by atoms with Crippen LogP contribution in [0.2, 0.25) is 0 Å². The fraction of sp³-hybridized carbons (Fsp3) is 0.300. The first kappa shape index (κ1) is 20.0. The Kier molecular flexibility index (Phi) is 7.57. The Hall–Kier alpha value is -2.71. The molecular weight excluding hydrogens is 374 g/mol. The highest BCUT2D eigenvalue weighted by molar-refractivity contribution is 7.99. The van der Waals surface area contributed by atoms with Crippen LogP contribution in [-0.4, -0.2) is 51.7 Å². The van der Waals surface area contributed by atoms with Crippen LogP contribution in [0, 0.1) is 0 Å². The van der Waals surface area contributed by atoms with E-state index in [2.05, 4.69) is 32.6 Å². The second-order valence-electron chi connectivity index (χ2n) is 6.10. The molecule has 0 saturated heterocycles. The van der Waals surface area contributed by atoms with Crippen LogP contribution in [0.5, 0.6) is 0 Å². The van der Waals surface area contributed by atoms with E-state index >= 15 is 0 Å². The number of rotatable bonds is 10. The number of benzene rings is 1. The van der Waals surface area contributed by atoms with Crippen molar-refractivity contribution in [1.29, 1.82) is 0 Å². The van der Waals surface area contributed by atoms with Crippen LogP contribution >= 0.6 is 11.8 Å². The maximum absolute atomic E-state index is 12.1. The molecule has 0 fully saturated rings. The van der Waals surface area contributed by atoms with Gasteiger partial charge in [-0.1, -0.05) is 42.1 Å². The molecule has 8 heteroatoms. The van der Waals surface area contributed by atoms with Gasteiger partial charge >= 0.3 is 0 Å². The number of ether oxygens (including phenoxy) is 1. The normalized spacial score (nSPS) is 10.8. The smallest absolute Gasteiger partial charge is 0.230 e. The van der Waals surface area contributed by atoms with Gasteiger partial charge in [-0.05, 0) is 24.1 Å². The highest BCUT2D eigenvalue weighted by Crippen LogP contribution is 2.24. The lowest BCUT2D eigenvalue weighted by atomic mass is 10.2. The van der Waals surface area contributed by atoms with E-state index in [0.29, 0.717) is 24.9 Å². The molecule has 3 rings (SSSR count). The molecule has 7 nitrogen and oxygen atoms in total. The molecule has 2 aromatic heterocycles. The summed E-state index contributed by atoms with van der Waals surface area (Å²) in [5, 5.41) is 12.3. The van der Waals surface area contributed by atoms with Crippen LogP contribution in [-0.2, 0) is 16.1 Å². The Balaban J connectivity index is 1.73. The summed E-state index contributed by atoms with van der Waals surface area (Å²) in [5.41, 5.74) is 2.08. The Morgan fingerprint density at radius 2 is 1.93 bits per heavy atom.